The lowest BCUT2D eigenvalue weighted by molar-refractivity contribution is 0.102. The third kappa shape index (κ3) is 6.66. The van der Waals surface area contributed by atoms with Gasteiger partial charge in [0.1, 0.15) is 5.69 Å². The van der Waals surface area contributed by atoms with Crippen molar-refractivity contribution >= 4 is 62.8 Å². The SMILES string of the molecule is CCCCc1nnc(C2CCN(c3ncccc3NC(=O)c3[nH]c4cc(Cl)cc5c4c3C3=C(c4ccccc4)C(C)CC=CN3C5c3ccc(Cl)cc3)CC2)o1. The van der Waals surface area contributed by atoms with Gasteiger partial charge in [-0.05, 0) is 90.3 Å². The molecule has 3 aromatic carbocycles. The number of hydrogen-bond acceptors (Lipinski definition) is 7. The largest absolute Gasteiger partial charge is 0.425 e. The summed E-state index contributed by atoms with van der Waals surface area (Å²) in [7, 11) is 0. The molecule has 56 heavy (non-hydrogen) atoms. The number of pyridine rings is 1. The molecule has 3 aliphatic heterocycles. The van der Waals surface area contributed by atoms with Gasteiger partial charge < -0.3 is 24.5 Å². The number of aromatic amines is 1. The molecule has 1 fully saturated rings. The van der Waals surface area contributed by atoms with Gasteiger partial charge in [0.05, 0.1) is 17.4 Å². The molecule has 9 nitrogen and oxygen atoms in total. The van der Waals surface area contributed by atoms with Gasteiger partial charge in [-0.25, -0.2) is 4.98 Å². The van der Waals surface area contributed by atoms with E-state index in [4.69, 9.17) is 32.6 Å². The lowest BCUT2D eigenvalue weighted by Crippen LogP contribution is -2.34. The van der Waals surface area contributed by atoms with Gasteiger partial charge in [-0.3, -0.25) is 4.79 Å². The molecule has 3 aliphatic rings. The van der Waals surface area contributed by atoms with Crippen LogP contribution < -0.4 is 10.2 Å². The molecule has 0 aliphatic carbocycles. The summed E-state index contributed by atoms with van der Waals surface area (Å²) >= 11 is 13.3. The Bertz CT molecular complexity index is 2460. The molecular weight excluding hydrogens is 741 g/mol. The summed E-state index contributed by atoms with van der Waals surface area (Å²) in [6, 6.07) is 26.1. The number of halogens is 2. The second-order valence-corrected chi connectivity index (χ2v) is 15.9. The van der Waals surface area contributed by atoms with Gasteiger partial charge in [-0.1, -0.05) is 92.0 Å². The molecule has 11 heteroatoms. The summed E-state index contributed by atoms with van der Waals surface area (Å²) < 4.78 is 6.04. The summed E-state index contributed by atoms with van der Waals surface area (Å²) in [5.74, 6) is 2.28. The van der Waals surface area contributed by atoms with Crippen LogP contribution in [0.5, 0.6) is 0 Å². The van der Waals surface area contributed by atoms with E-state index in [1.807, 2.05) is 42.5 Å². The van der Waals surface area contributed by atoms with Crippen LogP contribution in [-0.2, 0) is 6.42 Å². The fourth-order valence-electron chi connectivity index (χ4n) is 8.68. The van der Waals surface area contributed by atoms with E-state index in [0.29, 0.717) is 27.3 Å². The number of H-pyrrole nitrogens is 1. The Balaban J connectivity index is 1.12. The lowest BCUT2D eigenvalue weighted by atomic mass is 9.82. The van der Waals surface area contributed by atoms with E-state index >= 15 is 0 Å². The molecule has 2 unspecified atom stereocenters. The molecule has 9 rings (SSSR count). The van der Waals surface area contributed by atoms with Crippen LogP contribution in [0.15, 0.2) is 102 Å². The predicted molar refractivity (Wildman–Crippen MR) is 224 cm³/mol. The smallest absolute Gasteiger partial charge is 0.272 e. The van der Waals surface area contributed by atoms with Crippen molar-refractivity contribution in [3.8, 4) is 0 Å². The van der Waals surface area contributed by atoms with E-state index in [2.05, 4.69) is 92.8 Å². The first-order valence-electron chi connectivity index (χ1n) is 19.6. The Hall–Kier alpha value is -5.38. The third-order valence-electron chi connectivity index (χ3n) is 11.4. The van der Waals surface area contributed by atoms with E-state index in [9.17, 15) is 4.79 Å². The van der Waals surface area contributed by atoms with Crippen molar-refractivity contribution in [2.24, 2.45) is 5.92 Å². The molecule has 6 aromatic rings. The highest BCUT2D eigenvalue weighted by molar-refractivity contribution is 6.32. The number of fused-ring (bicyclic) bond motifs is 2. The molecule has 0 bridgehead atoms. The number of amides is 1. The number of carbonyl (C=O) groups is 1. The maximum Gasteiger partial charge on any atom is 0.272 e. The molecule has 0 spiro atoms. The number of piperidine rings is 1. The van der Waals surface area contributed by atoms with Crippen molar-refractivity contribution in [1.29, 1.82) is 0 Å². The van der Waals surface area contributed by atoms with Crippen molar-refractivity contribution in [3.63, 3.8) is 0 Å². The summed E-state index contributed by atoms with van der Waals surface area (Å²) in [6.07, 6.45) is 11.7. The number of unbranched alkanes of at least 4 members (excludes halogenated alkanes) is 1. The number of anilines is 2. The number of aromatic nitrogens is 4. The van der Waals surface area contributed by atoms with E-state index in [1.54, 1.807) is 6.20 Å². The normalized spacial score (nSPS) is 18.4. The first-order chi connectivity index (χ1) is 27.4. The van der Waals surface area contributed by atoms with Gasteiger partial charge in [0, 0.05) is 64.3 Å². The zero-order valence-corrected chi connectivity index (χ0v) is 32.9. The molecule has 6 heterocycles. The van der Waals surface area contributed by atoms with E-state index in [-0.39, 0.29) is 23.8 Å². The maximum absolute atomic E-state index is 14.9. The van der Waals surface area contributed by atoms with Crippen LogP contribution >= 0.6 is 23.2 Å². The summed E-state index contributed by atoms with van der Waals surface area (Å²) in [4.78, 5) is 27.8. The Morgan fingerprint density at radius 1 is 0.982 bits per heavy atom. The molecule has 0 radical (unpaired) electrons. The van der Waals surface area contributed by atoms with Gasteiger partial charge >= 0.3 is 0 Å². The van der Waals surface area contributed by atoms with Gasteiger partial charge in [-0.15, -0.1) is 10.2 Å². The van der Waals surface area contributed by atoms with Crippen LogP contribution in [0.2, 0.25) is 10.0 Å². The third-order valence-corrected chi connectivity index (χ3v) is 11.8. The van der Waals surface area contributed by atoms with Crippen LogP contribution in [0.4, 0.5) is 11.5 Å². The number of aryl methyl sites for hydroxylation is 1. The van der Waals surface area contributed by atoms with E-state index in [1.165, 1.54) is 5.57 Å². The first-order valence-corrected chi connectivity index (χ1v) is 20.3. The highest BCUT2D eigenvalue weighted by atomic mass is 35.5. The Morgan fingerprint density at radius 3 is 2.57 bits per heavy atom. The molecule has 284 valence electrons. The van der Waals surface area contributed by atoms with Crippen LogP contribution in [0.1, 0.15) is 102 Å². The number of rotatable bonds is 9. The Labute approximate surface area is 336 Å². The molecule has 1 amide bonds. The van der Waals surface area contributed by atoms with Crippen molar-refractivity contribution in [2.45, 2.75) is 64.3 Å². The standard InChI is InChI=1S/C45H43Cl2N7O2/c1-3-4-14-36-51-52-45(56-36)30-19-23-53(24-20-30)43-34(13-8-21-48-43)50-44(55)40-39-38-33(25-32(47)26-35(38)49-40)41(29-15-17-31(46)18-16-29)54-22-9-10-27(2)37(42(39)54)28-11-6-5-7-12-28/h5-9,11-13,15-18,21-22,25-27,30,41,49H,3-4,10,14,19-20,23-24H2,1-2H3,(H,50,55). The zero-order chi connectivity index (χ0) is 38.3. The fraction of sp³-hybridized carbons (Fsp3) is 0.289. The van der Waals surface area contributed by atoms with Gasteiger partial charge in [0.15, 0.2) is 5.82 Å². The minimum absolute atomic E-state index is 0.164. The Kier molecular flexibility index (Phi) is 9.90. The number of benzene rings is 3. The molecule has 2 atom stereocenters. The molecule has 1 saturated heterocycles. The van der Waals surface area contributed by atoms with Crippen LogP contribution in [0.3, 0.4) is 0 Å². The molecular formula is C45H43Cl2N7O2. The molecule has 3 aromatic heterocycles. The zero-order valence-electron chi connectivity index (χ0n) is 31.4. The molecule has 2 N–H and O–H groups in total. The highest BCUT2D eigenvalue weighted by Crippen LogP contribution is 2.53. The van der Waals surface area contributed by atoms with E-state index < -0.39 is 0 Å². The lowest BCUT2D eigenvalue weighted by Gasteiger charge is -2.39. The Morgan fingerprint density at radius 2 is 1.79 bits per heavy atom. The van der Waals surface area contributed by atoms with Gasteiger partial charge in [0.2, 0.25) is 11.8 Å². The topological polar surface area (TPSA) is 103 Å². The molecule has 0 saturated carbocycles. The second-order valence-electron chi connectivity index (χ2n) is 15.0. The average molecular weight is 785 g/mol. The summed E-state index contributed by atoms with van der Waals surface area (Å²) in [5.41, 5.74) is 8.15. The number of carbonyl (C=O) groups excluding carboxylic acids is 1. The second kappa shape index (κ2) is 15.3. The van der Waals surface area contributed by atoms with Crippen LogP contribution in [-0.4, -0.2) is 44.1 Å². The quantitative estimate of drug-likeness (QED) is 0.150. The van der Waals surface area contributed by atoms with Gasteiger partial charge in [-0.2, -0.15) is 0 Å². The average Bonchev–Trinajstić information content (AvgIpc) is 3.81. The monoisotopic (exact) mass is 783 g/mol. The van der Waals surface area contributed by atoms with Crippen LogP contribution in [0.25, 0.3) is 22.2 Å². The predicted octanol–water partition coefficient (Wildman–Crippen LogP) is 11.1. The number of allylic oxidation sites excluding steroid dienone is 2. The first kappa shape index (κ1) is 36.3. The summed E-state index contributed by atoms with van der Waals surface area (Å²) in [6.45, 7) is 5.91. The fourth-order valence-corrected chi connectivity index (χ4v) is 9.03. The van der Waals surface area contributed by atoms with E-state index in [0.717, 1.165) is 102 Å². The van der Waals surface area contributed by atoms with Crippen molar-refractivity contribution < 1.29 is 9.21 Å². The number of hydrogen-bond donors (Lipinski definition) is 2. The van der Waals surface area contributed by atoms with Crippen molar-refractivity contribution in [1.82, 2.24) is 25.1 Å². The minimum atomic E-state index is -0.251. The van der Waals surface area contributed by atoms with Crippen molar-refractivity contribution in [3.05, 3.63) is 147 Å². The maximum atomic E-state index is 14.9. The van der Waals surface area contributed by atoms with Crippen molar-refractivity contribution in [2.75, 3.05) is 23.3 Å². The van der Waals surface area contributed by atoms with Gasteiger partial charge in [0.25, 0.3) is 5.91 Å². The minimum Gasteiger partial charge on any atom is -0.425 e. The number of nitrogens with one attached hydrogen (secondary N) is 2. The van der Waals surface area contributed by atoms with Crippen LogP contribution in [0, 0.1) is 5.92 Å². The summed E-state index contributed by atoms with van der Waals surface area (Å²) in [5, 5.41) is 14.2. The number of nitrogens with zero attached hydrogens (tertiary/aromatic N) is 5. The highest BCUT2D eigenvalue weighted by Gasteiger charge is 2.40.